The smallest absolute Gasteiger partial charge is 0.258 e. The highest BCUT2D eigenvalue weighted by Crippen LogP contribution is 2.68. The zero-order chi connectivity index (χ0) is 21.6. The molecule has 8 nitrogen and oxygen atoms in total. The molecular weight excluding hydrogens is 423 g/mol. The molecule has 0 atom stereocenters. The second-order valence-corrected chi connectivity index (χ2v) is 8.96. The third-order valence-electron chi connectivity index (χ3n) is 5.95. The normalized spacial score (nSPS) is 23.6. The summed E-state index contributed by atoms with van der Waals surface area (Å²) in [6.07, 6.45) is 5.60. The number of halogens is 2. The standard InChI is InChI=1S/C21H20ClFN6O2/c1-29-27-19(26-28-29)17-5-2-13(8-24-17)7-20-10-21(11-20,12-20)25-18(30)9-31-14-3-4-15(22)16(23)6-14/h2-6,8H,7,9-12H2,1H3,(H,25,30). The summed E-state index contributed by atoms with van der Waals surface area (Å²) in [5.74, 6) is 0.00565. The minimum Gasteiger partial charge on any atom is -0.484 e. The van der Waals surface area contributed by atoms with Crippen molar-refractivity contribution in [3.63, 3.8) is 0 Å². The second kappa shape index (κ2) is 7.26. The lowest BCUT2D eigenvalue weighted by Crippen LogP contribution is -2.75. The molecule has 3 aliphatic rings. The van der Waals surface area contributed by atoms with Gasteiger partial charge >= 0.3 is 0 Å². The van der Waals surface area contributed by atoms with E-state index in [2.05, 4.69) is 25.7 Å². The average molecular weight is 443 g/mol. The Hall–Kier alpha value is -3.07. The van der Waals surface area contributed by atoms with Crippen LogP contribution in [0.4, 0.5) is 4.39 Å². The van der Waals surface area contributed by atoms with Crippen LogP contribution in [0.1, 0.15) is 24.8 Å². The number of nitrogens with one attached hydrogen (secondary N) is 1. The van der Waals surface area contributed by atoms with E-state index in [0.717, 1.165) is 31.2 Å². The van der Waals surface area contributed by atoms with Crippen LogP contribution in [0.3, 0.4) is 0 Å². The molecule has 3 fully saturated rings. The molecule has 6 rings (SSSR count). The van der Waals surface area contributed by atoms with E-state index in [4.69, 9.17) is 16.3 Å². The molecule has 1 amide bonds. The van der Waals surface area contributed by atoms with Gasteiger partial charge in [0.25, 0.3) is 5.91 Å². The van der Waals surface area contributed by atoms with Crippen molar-refractivity contribution >= 4 is 17.5 Å². The van der Waals surface area contributed by atoms with E-state index in [-0.39, 0.29) is 34.2 Å². The molecular formula is C21H20ClFN6O2. The molecule has 0 saturated heterocycles. The maximum atomic E-state index is 13.4. The Balaban J connectivity index is 1.10. The summed E-state index contributed by atoms with van der Waals surface area (Å²) >= 11 is 5.65. The van der Waals surface area contributed by atoms with Crippen molar-refractivity contribution < 1.29 is 13.9 Å². The summed E-state index contributed by atoms with van der Waals surface area (Å²) in [5.41, 5.74) is 1.93. The van der Waals surface area contributed by atoms with Gasteiger partial charge in [-0.05, 0) is 60.1 Å². The summed E-state index contributed by atoms with van der Waals surface area (Å²) < 4.78 is 18.8. The monoisotopic (exact) mass is 442 g/mol. The molecule has 0 radical (unpaired) electrons. The number of carbonyl (C=O) groups excluding carboxylic acids is 1. The fraction of sp³-hybridized carbons (Fsp3) is 0.381. The number of aryl methyl sites for hydroxylation is 1. The van der Waals surface area contributed by atoms with Crippen LogP contribution in [0.25, 0.3) is 11.5 Å². The lowest BCUT2D eigenvalue weighted by Gasteiger charge is -2.71. The van der Waals surface area contributed by atoms with E-state index in [1.54, 1.807) is 7.05 Å². The molecule has 1 N–H and O–H groups in total. The zero-order valence-electron chi connectivity index (χ0n) is 16.8. The molecule has 0 spiro atoms. The Kier molecular flexibility index (Phi) is 4.65. The van der Waals surface area contributed by atoms with Crippen LogP contribution in [0.15, 0.2) is 36.5 Å². The van der Waals surface area contributed by atoms with Gasteiger partial charge in [0.1, 0.15) is 17.3 Å². The highest BCUT2D eigenvalue weighted by molar-refractivity contribution is 6.30. The molecule has 3 aliphatic carbocycles. The highest BCUT2D eigenvalue weighted by Gasteiger charge is 2.67. The number of hydrogen-bond donors (Lipinski definition) is 1. The van der Waals surface area contributed by atoms with Crippen LogP contribution >= 0.6 is 11.6 Å². The summed E-state index contributed by atoms with van der Waals surface area (Å²) in [6, 6.07) is 8.07. The van der Waals surface area contributed by atoms with Crippen molar-refractivity contribution in [3.8, 4) is 17.3 Å². The summed E-state index contributed by atoms with van der Waals surface area (Å²) in [7, 11) is 1.71. The number of aromatic nitrogens is 5. The molecule has 3 aromatic rings. The van der Waals surface area contributed by atoms with Gasteiger partial charge in [0.2, 0.25) is 5.82 Å². The fourth-order valence-corrected chi connectivity index (χ4v) is 4.96. The predicted octanol–water partition coefficient (Wildman–Crippen LogP) is 2.73. The predicted molar refractivity (Wildman–Crippen MR) is 110 cm³/mol. The van der Waals surface area contributed by atoms with E-state index >= 15 is 0 Å². The van der Waals surface area contributed by atoms with Crippen molar-refractivity contribution in [1.29, 1.82) is 0 Å². The molecule has 2 aromatic heterocycles. The Labute approximate surface area is 182 Å². The SMILES string of the molecule is Cn1nnc(-c2ccc(CC34CC(NC(=O)COc5ccc(Cl)c(F)c5)(C3)C4)cn2)n1. The number of nitrogens with zero attached hydrogens (tertiary/aromatic N) is 5. The van der Waals surface area contributed by atoms with Crippen LogP contribution in [0.5, 0.6) is 5.75 Å². The first-order chi connectivity index (χ1) is 14.8. The van der Waals surface area contributed by atoms with Gasteiger partial charge in [0, 0.05) is 17.8 Å². The Morgan fingerprint density at radius 1 is 1.29 bits per heavy atom. The molecule has 0 aliphatic heterocycles. The van der Waals surface area contributed by atoms with Crippen molar-refractivity contribution in [2.24, 2.45) is 12.5 Å². The first-order valence-corrected chi connectivity index (χ1v) is 10.3. The highest BCUT2D eigenvalue weighted by atomic mass is 35.5. The fourth-order valence-electron chi connectivity index (χ4n) is 4.85. The van der Waals surface area contributed by atoms with E-state index in [9.17, 15) is 9.18 Å². The van der Waals surface area contributed by atoms with Gasteiger partial charge in [0.05, 0.1) is 12.1 Å². The van der Waals surface area contributed by atoms with Crippen LogP contribution in [-0.2, 0) is 18.3 Å². The summed E-state index contributed by atoms with van der Waals surface area (Å²) in [5, 5.41) is 15.0. The molecule has 10 heteroatoms. The van der Waals surface area contributed by atoms with Gasteiger partial charge in [-0.15, -0.1) is 10.2 Å². The summed E-state index contributed by atoms with van der Waals surface area (Å²) in [6.45, 7) is -0.155. The van der Waals surface area contributed by atoms with Crippen molar-refractivity contribution in [3.05, 3.63) is 52.9 Å². The van der Waals surface area contributed by atoms with Crippen molar-refractivity contribution in [2.75, 3.05) is 6.61 Å². The molecule has 2 bridgehead atoms. The van der Waals surface area contributed by atoms with Gasteiger partial charge in [-0.1, -0.05) is 17.7 Å². The Bertz CT molecular complexity index is 1130. The zero-order valence-corrected chi connectivity index (χ0v) is 17.6. The maximum Gasteiger partial charge on any atom is 0.258 e. The van der Waals surface area contributed by atoms with Crippen LogP contribution in [0, 0.1) is 11.2 Å². The van der Waals surface area contributed by atoms with Gasteiger partial charge in [0.15, 0.2) is 6.61 Å². The molecule has 160 valence electrons. The van der Waals surface area contributed by atoms with Gasteiger partial charge in [-0.3, -0.25) is 9.78 Å². The third kappa shape index (κ3) is 3.85. The van der Waals surface area contributed by atoms with E-state index < -0.39 is 5.82 Å². The van der Waals surface area contributed by atoms with Crippen LogP contribution < -0.4 is 10.1 Å². The van der Waals surface area contributed by atoms with Crippen molar-refractivity contribution in [2.45, 2.75) is 31.2 Å². The molecule has 0 unspecified atom stereocenters. The first kappa shape index (κ1) is 19.9. The van der Waals surface area contributed by atoms with E-state index in [1.807, 2.05) is 18.3 Å². The minimum atomic E-state index is -0.573. The molecule has 1 aromatic carbocycles. The average Bonchev–Trinajstić information content (AvgIpc) is 3.13. The lowest BCUT2D eigenvalue weighted by atomic mass is 9.38. The second-order valence-electron chi connectivity index (χ2n) is 8.55. The number of rotatable bonds is 7. The topological polar surface area (TPSA) is 94.8 Å². The Morgan fingerprint density at radius 3 is 2.74 bits per heavy atom. The van der Waals surface area contributed by atoms with E-state index in [0.29, 0.717) is 11.5 Å². The van der Waals surface area contributed by atoms with Crippen LogP contribution in [0.2, 0.25) is 5.02 Å². The lowest BCUT2D eigenvalue weighted by molar-refractivity contribution is -0.165. The van der Waals surface area contributed by atoms with Crippen molar-refractivity contribution in [1.82, 2.24) is 30.5 Å². The summed E-state index contributed by atoms with van der Waals surface area (Å²) in [4.78, 5) is 18.1. The quantitative estimate of drug-likeness (QED) is 0.604. The minimum absolute atomic E-state index is 0.0196. The third-order valence-corrected chi connectivity index (χ3v) is 6.25. The van der Waals surface area contributed by atoms with E-state index in [1.165, 1.54) is 23.0 Å². The molecule has 31 heavy (non-hydrogen) atoms. The number of amides is 1. The first-order valence-electron chi connectivity index (χ1n) is 9.92. The molecule has 2 heterocycles. The molecule has 3 saturated carbocycles. The van der Waals surface area contributed by atoms with Crippen LogP contribution in [-0.4, -0.2) is 43.2 Å². The number of benzene rings is 1. The number of hydrogen-bond acceptors (Lipinski definition) is 6. The number of ether oxygens (including phenoxy) is 1. The maximum absolute atomic E-state index is 13.4. The number of tetrazole rings is 1. The largest absolute Gasteiger partial charge is 0.484 e. The number of pyridine rings is 1. The number of carbonyl (C=O) groups is 1. The van der Waals surface area contributed by atoms with Gasteiger partial charge in [-0.2, -0.15) is 4.80 Å². The van der Waals surface area contributed by atoms with Gasteiger partial charge in [-0.25, -0.2) is 4.39 Å². The Morgan fingerprint density at radius 2 is 2.10 bits per heavy atom. The van der Waals surface area contributed by atoms with Gasteiger partial charge < -0.3 is 10.1 Å².